The van der Waals surface area contributed by atoms with Crippen molar-refractivity contribution in [3.05, 3.63) is 12.2 Å². The molecule has 2 unspecified atom stereocenters. The Morgan fingerprint density at radius 3 is 1.83 bits per heavy atom. The fourth-order valence-electron chi connectivity index (χ4n) is 3.70. The van der Waals surface area contributed by atoms with Crippen molar-refractivity contribution in [3.63, 3.8) is 0 Å². The minimum Gasteiger partial charge on any atom is -0.394 e. The molecule has 0 aromatic rings. The highest BCUT2D eigenvalue weighted by Gasteiger charge is 2.19. The second-order valence-corrected chi connectivity index (χ2v) is 8.75. The molecule has 0 aromatic carbocycles. The van der Waals surface area contributed by atoms with E-state index in [9.17, 15) is 15.0 Å². The molecule has 0 aromatic heterocycles. The highest BCUT2D eigenvalue weighted by Crippen LogP contribution is 2.11. The Kier molecular flexibility index (Phi) is 22.1. The largest absolute Gasteiger partial charge is 0.394 e. The standard InChI is InChI=1S/C26H51NO3/c1-3-5-7-9-10-11-12-13-14-15-16-17-18-20-22-26(30)27-24(23-28)25(29)21-19-8-6-4-2/h12-13,24-25,28-29H,3-11,14-23H2,1-2H3,(H,27,30)/b13-12-. The molecule has 4 nitrogen and oxygen atoms in total. The van der Waals surface area contributed by atoms with E-state index in [2.05, 4.69) is 31.3 Å². The number of amides is 1. The van der Waals surface area contributed by atoms with E-state index >= 15 is 0 Å². The molecular weight excluding hydrogens is 374 g/mol. The first kappa shape index (κ1) is 29.1. The van der Waals surface area contributed by atoms with Crippen molar-refractivity contribution in [2.24, 2.45) is 0 Å². The molecule has 178 valence electrons. The first-order valence-corrected chi connectivity index (χ1v) is 12.9. The molecule has 2 atom stereocenters. The van der Waals surface area contributed by atoms with E-state index in [4.69, 9.17) is 0 Å². The first-order chi connectivity index (χ1) is 14.7. The van der Waals surface area contributed by atoms with Gasteiger partial charge in [-0.05, 0) is 38.5 Å². The number of rotatable bonds is 22. The summed E-state index contributed by atoms with van der Waals surface area (Å²) in [4.78, 5) is 12.1. The third-order valence-electron chi connectivity index (χ3n) is 5.78. The van der Waals surface area contributed by atoms with Crippen LogP contribution in [0.25, 0.3) is 0 Å². The van der Waals surface area contributed by atoms with E-state index in [1.54, 1.807) is 0 Å². The summed E-state index contributed by atoms with van der Waals surface area (Å²) in [7, 11) is 0. The summed E-state index contributed by atoms with van der Waals surface area (Å²) in [5.74, 6) is -0.0523. The third-order valence-corrected chi connectivity index (χ3v) is 5.78. The Labute approximate surface area is 186 Å². The summed E-state index contributed by atoms with van der Waals surface area (Å²) >= 11 is 0. The first-order valence-electron chi connectivity index (χ1n) is 12.9. The molecule has 0 bridgehead atoms. The van der Waals surface area contributed by atoms with Crippen LogP contribution in [-0.2, 0) is 4.79 Å². The monoisotopic (exact) mass is 425 g/mol. The molecule has 3 N–H and O–H groups in total. The van der Waals surface area contributed by atoms with E-state index < -0.39 is 12.1 Å². The Morgan fingerprint density at radius 1 is 0.767 bits per heavy atom. The molecular formula is C26H51NO3. The zero-order chi connectivity index (χ0) is 22.3. The molecule has 0 aliphatic carbocycles. The summed E-state index contributed by atoms with van der Waals surface area (Å²) in [6, 6.07) is -0.530. The van der Waals surface area contributed by atoms with Crippen molar-refractivity contribution in [2.45, 2.75) is 142 Å². The predicted molar refractivity (Wildman–Crippen MR) is 129 cm³/mol. The van der Waals surface area contributed by atoms with Gasteiger partial charge in [-0.2, -0.15) is 0 Å². The lowest BCUT2D eigenvalue weighted by Crippen LogP contribution is -2.45. The van der Waals surface area contributed by atoms with Gasteiger partial charge in [0, 0.05) is 6.42 Å². The summed E-state index contributed by atoms with van der Waals surface area (Å²) < 4.78 is 0. The molecule has 0 radical (unpaired) electrons. The van der Waals surface area contributed by atoms with Crippen LogP contribution in [0.4, 0.5) is 0 Å². The topological polar surface area (TPSA) is 69.6 Å². The van der Waals surface area contributed by atoms with Crippen molar-refractivity contribution < 1.29 is 15.0 Å². The van der Waals surface area contributed by atoms with E-state index in [1.165, 1.54) is 64.2 Å². The molecule has 0 spiro atoms. The number of carbonyl (C=O) groups is 1. The summed E-state index contributed by atoms with van der Waals surface area (Å²) in [6.07, 6.45) is 24.2. The SMILES string of the molecule is CCCCCCC/C=C\CCCCCCCC(=O)NC(CO)C(O)CCCCCC. The maximum Gasteiger partial charge on any atom is 0.220 e. The quantitative estimate of drug-likeness (QED) is 0.138. The van der Waals surface area contributed by atoms with Crippen LogP contribution in [0.5, 0.6) is 0 Å². The zero-order valence-electron chi connectivity index (χ0n) is 20.0. The van der Waals surface area contributed by atoms with Crippen LogP contribution in [0.3, 0.4) is 0 Å². The van der Waals surface area contributed by atoms with Gasteiger partial charge < -0.3 is 15.5 Å². The average Bonchev–Trinajstić information content (AvgIpc) is 2.75. The van der Waals surface area contributed by atoms with Crippen LogP contribution in [-0.4, -0.2) is 34.9 Å². The molecule has 0 rings (SSSR count). The number of hydrogen-bond donors (Lipinski definition) is 3. The predicted octanol–water partition coefficient (Wildman–Crippen LogP) is 6.44. The number of aliphatic hydroxyl groups is 2. The molecule has 0 aliphatic rings. The molecule has 0 heterocycles. The second-order valence-electron chi connectivity index (χ2n) is 8.75. The second kappa shape index (κ2) is 22.8. The highest BCUT2D eigenvalue weighted by atomic mass is 16.3. The van der Waals surface area contributed by atoms with Gasteiger partial charge in [0.15, 0.2) is 0 Å². The highest BCUT2D eigenvalue weighted by molar-refractivity contribution is 5.76. The van der Waals surface area contributed by atoms with Crippen molar-refractivity contribution >= 4 is 5.91 Å². The molecule has 0 saturated carbocycles. The van der Waals surface area contributed by atoms with Gasteiger partial charge in [0.25, 0.3) is 0 Å². The molecule has 0 fully saturated rings. The van der Waals surface area contributed by atoms with Crippen LogP contribution in [0.1, 0.15) is 129 Å². The average molecular weight is 426 g/mol. The number of unbranched alkanes of at least 4 members (excludes halogenated alkanes) is 13. The van der Waals surface area contributed by atoms with Gasteiger partial charge in [0.1, 0.15) is 0 Å². The summed E-state index contributed by atoms with van der Waals surface area (Å²) in [6.45, 7) is 4.21. The number of allylic oxidation sites excluding steroid dienone is 2. The smallest absolute Gasteiger partial charge is 0.220 e. The summed E-state index contributed by atoms with van der Waals surface area (Å²) in [5, 5.41) is 22.4. The lowest BCUT2D eigenvalue weighted by molar-refractivity contribution is -0.123. The maximum atomic E-state index is 12.1. The Bertz CT molecular complexity index is 398. The maximum absolute atomic E-state index is 12.1. The van der Waals surface area contributed by atoms with Gasteiger partial charge in [-0.3, -0.25) is 4.79 Å². The van der Waals surface area contributed by atoms with Gasteiger partial charge in [-0.25, -0.2) is 0 Å². The molecule has 0 aliphatic heterocycles. The number of nitrogens with one attached hydrogen (secondary N) is 1. The third kappa shape index (κ3) is 19.1. The van der Waals surface area contributed by atoms with Gasteiger partial charge >= 0.3 is 0 Å². The Hall–Kier alpha value is -0.870. The zero-order valence-corrected chi connectivity index (χ0v) is 20.0. The van der Waals surface area contributed by atoms with Crippen molar-refractivity contribution in [1.29, 1.82) is 0 Å². The van der Waals surface area contributed by atoms with Gasteiger partial charge in [0.05, 0.1) is 18.8 Å². The van der Waals surface area contributed by atoms with Crippen LogP contribution in [0.15, 0.2) is 12.2 Å². The fourth-order valence-corrected chi connectivity index (χ4v) is 3.70. The Balaban J connectivity index is 3.58. The normalized spacial score (nSPS) is 13.6. The lowest BCUT2D eigenvalue weighted by atomic mass is 10.0. The fraction of sp³-hybridized carbons (Fsp3) is 0.885. The molecule has 4 heteroatoms. The van der Waals surface area contributed by atoms with E-state index in [-0.39, 0.29) is 12.5 Å². The Morgan fingerprint density at radius 2 is 1.27 bits per heavy atom. The number of carbonyl (C=O) groups excluding carboxylic acids is 1. The van der Waals surface area contributed by atoms with Crippen molar-refractivity contribution in [1.82, 2.24) is 5.32 Å². The lowest BCUT2D eigenvalue weighted by Gasteiger charge is -2.22. The molecule has 30 heavy (non-hydrogen) atoms. The molecule has 1 amide bonds. The minimum atomic E-state index is -0.653. The van der Waals surface area contributed by atoms with Gasteiger partial charge in [-0.1, -0.05) is 96.6 Å². The van der Waals surface area contributed by atoms with Crippen LogP contribution >= 0.6 is 0 Å². The van der Waals surface area contributed by atoms with Crippen molar-refractivity contribution in [3.8, 4) is 0 Å². The van der Waals surface area contributed by atoms with E-state index in [0.717, 1.165) is 38.5 Å². The van der Waals surface area contributed by atoms with Crippen molar-refractivity contribution in [2.75, 3.05) is 6.61 Å². The minimum absolute atomic E-state index is 0.0523. The van der Waals surface area contributed by atoms with Gasteiger partial charge in [0.2, 0.25) is 5.91 Å². The number of hydrogen-bond acceptors (Lipinski definition) is 3. The van der Waals surface area contributed by atoms with E-state index in [1.807, 2.05) is 0 Å². The number of aliphatic hydroxyl groups excluding tert-OH is 2. The van der Waals surface area contributed by atoms with E-state index in [0.29, 0.717) is 12.8 Å². The summed E-state index contributed by atoms with van der Waals surface area (Å²) in [5.41, 5.74) is 0. The van der Waals surface area contributed by atoms with Crippen LogP contribution < -0.4 is 5.32 Å². The van der Waals surface area contributed by atoms with Crippen LogP contribution in [0.2, 0.25) is 0 Å². The van der Waals surface area contributed by atoms with Crippen LogP contribution in [0, 0.1) is 0 Å². The molecule has 0 saturated heterocycles. The van der Waals surface area contributed by atoms with Gasteiger partial charge in [-0.15, -0.1) is 0 Å².